The maximum atomic E-state index is 12.2. The van der Waals surface area contributed by atoms with Gasteiger partial charge in [-0.1, -0.05) is 36.4 Å². The summed E-state index contributed by atoms with van der Waals surface area (Å²) in [6.45, 7) is 0.351. The molecule has 6 nitrogen and oxygen atoms in total. The first kappa shape index (κ1) is 16.5. The summed E-state index contributed by atoms with van der Waals surface area (Å²) in [5.74, 6) is 0.476. The third kappa shape index (κ3) is 3.58. The summed E-state index contributed by atoms with van der Waals surface area (Å²) < 4.78 is 28.8. The highest BCUT2D eigenvalue weighted by atomic mass is 32.2. The van der Waals surface area contributed by atoms with Gasteiger partial charge in [0.1, 0.15) is 17.6 Å². The summed E-state index contributed by atoms with van der Waals surface area (Å²) in [6.07, 6.45) is -0.0906. The molecule has 2 aromatic carbocycles. The summed E-state index contributed by atoms with van der Waals surface area (Å²) in [6, 6.07) is 16.6. The molecule has 1 atom stereocenters. The molecule has 1 amide bonds. The van der Waals surface area contributed by atoms with E-state index in [4.69, 9.17) is 9.88 Å². The molecule has 1 saturated heterocycles. The lowest BCUT2D eigenvalue weighted by Crippen LogP contribution is -2.32. The van der Waals surface area contributed by atoms with Crippen LogP contribution in [0, 0.1) is 0 Å². The third-order valence-electron chi connectivity index (χ3n) is 3.97. The molecule has 126 valence electrons. The number of hydrogen-bond donors (Lipinski definition) is 1. The van der Waals surface area contributed by atoms with Crippen LogP contribution in [0.5, 0.6) is 5.75 Å². The van der Waals surface area contributed by atoms with E-state index in [0.29, 0.717) is 5.69 Å². The van der Waals surface area contributed by atoms with Crippen LogP contribution in [0.25, 0.3) is 0 Å². The molecular weight excluding hydrogens is 328 g/mol. The predicted molar refractivity (Wildman–Crippen MR) is 91.1 cm³/mol. The Morgan fingerprint density at radius 1 is 1.08 bits per heavy atom. The number of nitrogens with two attached hydrogens (primary N) is 1. The van der Waals surface area contributed by atoms with Gasteiger partial charge in [-0.3, -0.25) is 4.79 Å². The monoisotopic (exact) mass is 346 g/mol. The normalized spacial score (nSPS) is 18.0. The molecular formula is C17H18N2O4S. The molecule has 0 radical (unpaired) electrons. The van der Waals surface area contributed by atoms with Gasteiger partial charge in [0.2, 0.25) is 15.9 Å². The SMILES string of the molecule is NS(=O)(=O)C1CC(=O)N(c2ccccc2COc2ccccc2)C1. The first-order valence-electron chi connectivity index (χ1n) is 7.53. The molecule has 0 aliphatic carbocycles. The number of ether oxygens (including phenoxy) is 1. The molecule has 0 spiro atoms. The summed E-state index contributed by atoms with van der Waals surface area (Å²) in [5, 5.41) is 4.32. The minimum Gasteiger partial charge on any atom is -0.489 e. The van der Waals surface area contributed by atoms with Crippen molar-refractivity contribution in [3.63, 3.8) is 0 Å². The van der Waals surface area contributed by atoms with E-state index in [-0.39, 0.29) is 25.5 Å². The van der Waals surface area contributed by atoms with Crippen LogP contribution in [0.15, 0.2) is 54.6 Å². The van der Waals surface area contributed by atoms with Gasteiger partial charge in [-0.2, -0.15) is 0 Å². The largest absolute Gasteiger partial charge is 0.489 e. The lowest BCUT2D eigenvalue weighted by Gasteiger charge is -2.20. The van der Waals surface area contributed by atoms with Gasteiger partial charge in [-0.15, -0.1) is 0 Å². The highest BCUT2D eigenvalue weighted by Crippen LogP contribution is 2.28. The Morgan fingerprint density at radius 3 is 2.42 bits per heavy atom. The van der Waals surface area contributed by atoms with Crippen molar-refractivity contribution in [2.75, 3.05) is 11.4 Å². The van der Waals surface area contributed by atoms with E-state index >= 15 is 0 Å². The standard InChI is InChI=1S/C17H18N2O4S/c18-24(21,22)15-10-17(20)19(11-15)16-9-5-4-6-13(16)12-23-14-7-2-1-3-8-14/h1-9,15H,10-12H2,(H2,18,21,22). The Labute approximate surface area is 140 Å². The highest BCUT2D eigenvalue weighted by molar-refractivity contribution is 7.89. The number of benzene rings is 2. The van der Waals surface area contributed by atoms with Crippen molar-refractivity contribution >= 4 is 21.6 Å². The number of anilines is 1. The average molecular weight is 346 g/mol. The van der Waals surface area contributed by atoms with Gasteiger partial charge in [0.15, 0.2) is 0 Å². The number of sulfonamides is 1. The zero-order valence-electron chi connectivity index (χ0n) is 13.0. The first-order chi connectivity index (χ1) is 11.4. The molecule has 2 aromatic rings. The fourth-order valence-corrected chi connectivity index (χ4v) is 3.43. The Bertz CT molecular complexity index is 837. The second-order valence-electron chi connectivity index (χ2n) is 5.65. The van der Waals surface area contributed by atoms with Gasteiger partial charge in [-0.05, 0) is 18.2 Å². The topological polar surface area (TPSA) is 89.7 Å². The van der Waals surface area contributed by atoms with E-state index in [1.165, 1.54) is 4.90 Å². The van der Waals surface area contributed by atoms with Crippen molar-refractivity contribution < 1.29 is 17.9 Å². The number of rotatable bonds is 5. The minimum atomic E-state index is -3.74. The van der Waals surface area contributed by atoms with Crippen molar-refractivity contribution in [2.45, 2.75) is 18.3 Å². The smallest absolute Gasteiger partial charge is 0.228 e. The molecule has 1 aliphatic rings. The Kier molecular flexibility index (Phi) is 4.55. The third-order valence-corrected chi connectivity index (χ3v) is 5.22. The molecule has 1 fully saturated rings. The molecule has 2 N–H and O–H groups in total. The Hall–Kier alpha value is -2.38. The van der Waals surface area contributed by atoms with Crippen LogP contribution in [-0.2, 0) is 21.4 Å². The zero-order valence-corrected chi connectivity index (χ0v) is 13.8. The lowest BCUT2D eigenvalue weighted by molar-refractivity contribution is -0.117. The van der Waals surface area contributed by atoms with Crippen molar-refractivity contribution in [3.8, 4) is 5.75 Å². The van der Waals surface area contributed by atoms with Crippen molar-refractivity contribution in [1.29, 1.82) is 0 Å². The number of carbonyl (C=O) groups is 1. The van der Waals surface area contributed by atoms with E-state index in [2.05, 4.69) is 0 Å². The second kappa shape index (κ2) is 6.62. The summed E-state index contributed by atoms with van der Waals surface area (Å²) in [7, 11) is -3.74. The number of hydrogen-bond acceptors (Lipinski definition) is 4. The number of amides is 1. The maximum Gasteiger partial charge on any atom is 0.228 e. The molecule has 1 aliphatic heterocycles. The fraction of sp³-hybridized carbons (Fsp3) is 0.235. The molecule has 0 bridgehead atoms. The van der Waals surface area contributed by atoms with Crippen LogP contribution >= 0.6 is 0 Å². The lowest BCUT2D eigenvalue weighted by atomic mass is 10.1. The number of nitrogens with zero attached hydrogens (tertiary/aromatic N) is 1. The molecule has 1 unspecified atom stereocenters. The van der Waals surface area contributed by atoms with E-state index in [9.17, 15) is 13.2 Å². The molecule has 0 aromatic heterocycles. The predicted octanol–water partition coefficient (Wildman–Crippen LogP) is 1.66. The van der Waals surface area contributed by atoms with Crippen LogP contribution in [0.4, 0.5) is 5.69 Å². The fourth-order valence-electron chi connectivity index (χ4n) is 2.70. The van der Waals surface area contributed by atoms with Crippen molar-refractivity contribution in [1.82, 2.24) is 0 Å². The summed E-state index contributed by atoms with van der Waals surface area (Å²) in [5.41, 5.74) is 1.47. The number of primary sulfonamides is 1. The molecule has 3 rings (SSSR count). The average Bonchev–Trinajstić information content (AvgIpc) is 2.96. The summed E-state index contributed by atoms with van der Waals surface area (Å²) in [4.78, 5) is 13.7. The van der Waals surface area contributed by atoms with Crippen molar-refractivity contribution in [2.24, 2.45) is 5.14 Å². The maximum absolute atomic E-state index is 12.2. The highest BCUT2D eigenvalue weighted by Gasteiger charge is 2.37. The van der Waals surface area contributed by atoms with E-state index < -0.39 is 15.3 Å². The van der Waals surface area contributed by atoms with E-state index in [1.807, 2.05) is 42.5 Å². The summed E-state index contributed by atoms with van der Waals surface area (Å²) >= 11 is 0. The first-order valence-corrected chi connectivity index (χ1v) is 9.14. The zero-order chi connectivity index (χ0) is 17.2. The second-order valence-corrected chi connectivity index (χ2v) is 7.49. The number of carbonyl (C=O) groups excluding carboxylic acids is 1. The molecule has 0 saturated carbocycles. The molecule has 7 heteroatoms. The molecule has 24 heavy (non-hydrogen) atoms. The van der Waals surface area contributed by atoms with Gasteiger partial charge in [0.25, 0.3) is 0 Å². The van der Waals surface area contributed by atoms with E-state index in [0.717, 1.165) is 11.3 Å². The van der Waals surface area contributed by atoms with Crippen LogP contribution in [0.1, 0.15) is 12.0 Å². The minimum absolute atomic E-state index is 0.0695. The van der Waals surface area contributed by atoms with Crippen molar-refractivity contribution in [3.05, 3.63) is 60.2 Å². The van der Waals surface area contributed by atoms with Crippen LogP contribution < -0.4 is 14.8 Å². The quantitative estimate of drug-likeness (QED) is 0.891. The van der Waals surface area contributed by atoms with Gasteiger partial charge >= 0.3 is 0 Å². The Balaban J connectivity index is 1.80. The van der Waals surface area contributed by atoms with Crippen LogP contribution in [0.3, 0.4) is 0 Å². The van der Waals surface area contributed by atoms with Gasteiger partial charge in [-0.25, -0.2) is 13.6 Å². The van der Waals surface area contributed by atoms with E-state index in [1.54, 1.807) is 12.1 Å². The number of para-hydroxylation sites is 2. The van der Waals surface area contributed by atoms with Crippen LogP contribution in [-0.4, -0.2) is 26.1 Å². The Morgan fingerprint density at radius 2 is 1.75 bits per heavy atom. The van der Waals surface area contributed by atoms with Crippen LogP contribution in [0.2, 0.25) is 0 Å². The van der Waals surface area contributed by atoms with Gasteiger partial charge in [0, 0.05) is 18.5 Å². The van der Waals surface area contributed by atoms with Gasteiger partial charge < -0.3 is 9.64 Å². The van der Waals surface area contributed by atoms with Gasteiger partial charge in [0.05, 0.1) is 5.69 Å². The molecule has 1 heterocycles.